The van der Waals surface area contributed by atoms with Crippen LogP contribution in [0.15, 0.2) is 23.1 Å². The Hall–Kier alpha value is -1.64. The Labute approximate surface area is 154 Å². The second kappa shape index (κ2) is 7.17. The number of methoxy groups -OCH3 is 1. The Bertz CT molecular complexity index is 795. The van der Waals surface area contributed by atoms with Gasteiger partial charge in [0.25, 0.3) is 5.91 Å². The molecule has 0 radical (unpaired) electrons. The minimum atomic E-state index is -3.75. The predicted octanol–water partition coefficient (Wildman–Crippen LogP) is 1.37. The number of hydrogen-bond acceptors (Lipinski definition) is 5. The molecule has 26 heavy (non-hydrogen) atoms. The summed E-state index contributed by atoms with van der Waals surface area (Å²) in [6.07, 6.45) is 3.65. The van der Waals surface area contributed by atoms with Crippen LogP contribution in [-0.2, 0) is 10.0 Å². The summed E-state index contributed by atoms with van der Waals surface area (Å²) in [6.45, 7) is 0.760. The number of rotatable bonds is 4. The van der Waals surface area contributed by atoms with E-state index in [1.807, 2.05) is 0 Å². The molecule has 0 unspecified atom stereocenters. The molecule has 1 aliphatic carbocycles. The lowest BCUT2D eigenvalue weighted by molar-refractivity contribution is 0.0127. The number of carbonyl (C=O) groups excluding carboxylic acids is 1. The number of aliphatic hydroxyl groups excluding tert-OH is 1. The summed E-state index contributed by atoms with van der Waals surface area (Å²) in [6, 6.07) is 4.33. The highest BCUT2D eigenvalue weighted by atomic mass is 32.2. The Balaban J connectivity index is 1.94. The van der Waals surface area contributed by atoms with E-state index in [1.165, 1.54) is 36.7 Å². The van der Waals surface area contributed by atoms with E-state index in [9.17, 15) is 18.3 Å². The molecular weight excluding hydrogens is 356 g/mol. The second-order valence-electron chi connectivity index (χ2n) is 7.15. The van der Waals surface area contributed by atoms with Crippen molar-refractivity contribution >= 4 is 15.9 Å². The summed E-state index contributed by atoms with van der Waals surface area (Å²) in [5.74, 6) is -0.0788. The number of nitrogens with zero attached hydrogens (tertiary/aromatic N) is 1. The molecule has 1 heterocycles. The maximum atomic E-state index is 13.2. The highest BCUT2D eigenvalue weighted by Crippen LogP contribution is 2.46. The van der Waals surface area contributed by atoms with Crippen LogP contribution in [0.2, 0.25) is 0 Å². The molecule has 2 N–H and O–H groups in total. The van der Waals surface area contributed by atoms with Crippen molar-refractivity contribution in [3.05, 3.63) is 23.8 Å². The first-order valence-corrected chi connectivity index (χ1v) is 10.4. The van der Waals surface area contributed by atoms with Crippen molar-refractivity contribution in [3.63, 3.8) is 0 Å². The van der Waals surface area contributed by atoms with Gasteiger partial charge in [0.1, 0.15) is 5.75 Å². The van der Waals surface area contributed by atoms with Gasteiger partial charge >= 0.3 is 0 Å². The van der Waals surface area contributed by atoms with Gasteiger partial charge in [0.15, 0.2) is 0 Å². The number of hydrogen-bond donors (Lipinski definition) is 2. The first-order chi connectivity index (χ1) is 12.3. The Morgan fingerprint density at radius 1 is 1.35 bits per heavy atom. The fourth-order valence-corrected chi connectivity index (χ4v) is 5.83. The van der Waals surface area contributed by atoms with E-state index >= 15 is 0 Å². The molecule has 7 nitrogen and oxygen atoms in total. The van der Waals surface area contributed by atoms with Gasteiger partial charge in [-0.15, -0.1) is 0 Å². The topological polar surface area (TPSA) is 95.9 Å². The minimum Gasteiger partial charge on any atom is -0.496 e. The zero-order valence-corrected chi connectivity index (χ0v) is 16.0. The van der Waals surface area contributed by atoms with Crippen LogP contribution in [0.1, 0.15) is 42.5 Å². The third-order valence-electron chi connectivity index (χ3n) is 5.71. The highest BCUT2D eigenvalue weighted by Gasteiger charge is 2.47. The van der Waals surface area contributed by atoms with Crippen LogP contribution >= 0.6 is 0 Å². The van der Waals surface area contributed by atoms with E-state index in [-0.39, 0.29) is 15.9 Å². The fraction of sp³-hybridized carbons (Fsp3) is 0.611. The average molecular weight is 382 g/mol. The molecule has 0 aromatic heterocycles. The molecule has 1 aliphatic heterocycles. The van der Waals surface area contributed by atoms with Crippen LogP contribution in [0.25, 0.3) is 0 Å². The van der Waals surface area contributed by atoms with Crippen LogP contribution < -0.4 is 10.1 Å². The van der Waals surface area contributed by atoms with Gasteiger partial charge in [-0.25, -0.2) is 8.42 Å². The second-order valence-corrected chi connectivity index (χ2v) is 9.09. The molecule has 0 bridgehead atoms. The number of amides is 1. The predicted molar refractivity (Wildman–Crippen MR) is 96.7 cm³/mol. The van der Waals surface area contributed by atoms with Crippen molar-refractivity contribution < 1.29 is 23.1 Å². The van der Waals surface area contributed by atoms with E-state index in [4.69, 9.17) is 4.74 Å². The number of benzene rings is 1. The van der Waals surface area contributed by atoms with Crippen molar-refractivity contribution in [1.82, 2.24) is 9.62 Å². The summed E-state index contributed by atoms with van der Waals surface area (Å²) in [4.78, 5) is 12.1. The maximum Gasteiger partial charge on any atom is 0.254 e. The first kappa shape index (κ1) is 19.1. The molecule has 1 spiro atoms. The molecule has 2 fully saturated rings. The normalized spacial score (nSPS) is 26.8. The molecule has 1 saturated heterocycles. The van der Waals surface area contributed by atoms with Crippen molar-refractivity contribution in [3.8, 4) is 5.75 Å². The number of sulfonamides is 1. The van der Waals surface area contributed by atoms with Gasteiger partial charge in [-0.1, -0.05) is 6.42 Å². The number of ether oxygens (including phenoxy) is 1. The maximum absolute atomic E-state index is 13.2. The molecule has 8 heteroatoms. The van der Waals surface area contributed by atoms with Gasteiger partial charge in [0, 0.05) is 25.6 Å². The van der Waals surface area contributed by atoms with E-state index in [0.29, 0.717) is 18.8 Å². The average Bonchev–Trinajstić information content (AvgIpc) is 3.00. The quantitative estimate of drug-likeness (QED) is 0.820. The highest BCUT2D eigenvalue weighted by molar-refractivity contribution is 7.89. The van der Waals surface area contributed by atoms with Gasteiger partial charge in [0.05, 0.1) is 23.7 Å². The first-order valence-electron chi connectivity index (χ1n) is 8.92. The van der Waals surface area contributed by atoms with E-state index in [1.54, 1.807) is 0 Å². The van der Waals surface area contributed by atoms with Crippen molar-refractivity contribution in [1.29, 1.82) is 0 Å². The van der Waals surface area contributed by atoms with Crippen molar-refractivity contribution in [2.75, 3.05) is 27.2 Å². The SMILES string of the molecule is CNC(=O)c1cc(S(=O)(=O)N2CCC[C@@]3(CCC[C@H]3O)C2)ccc1OC. The van der Waals surface area contributed by atoms with Gasteiger partial charge in [-0.05, 0) is 43.9 Å². The van der Waals surface area contributed by atoms with Gasteiger partial charge in [-0.2, -0.15) is 4.31 Å². The van der Waals surface area contributed by atoms with Crippen molar-refractivity contribution in [2.24, 2.45) is 5.41 Å². The van der Waals surface area contributed by atoms with E-state index in [2.05, 4.69) is 5.32 Å². The summed E-state index contributed by atoms with van der Waals surface area (Å²) >= 11 is 0. The number of carbonyl (C=O) groups is 1. The molecule has 1 amide bonds. The summed E-state index contributed by atoms with van der Waals surface area (Å²) in [5.41, 5.74) is -0.148. The largest absolute Gasteiger partial charge is 0.496 e. The summed E-state index contributed by atoms with van der Waals surface area (Å²) in [5, 5.41) is 12.9. The lowest BCUT2D eigenvalue weighted by Crippen LogP contribution is -2.49. The number of nitrogens with one attached hydrogen (secondary N) is 1. The van der Waals surface area contributed by atoms with Crippen LogP contribution in [0.3, 0.4) is 0 Å². The van der Waals surface area contributed by atoms with E-state index in [0.717, 1.165) is 32.1 Å². The zero-order valence-electron chi connectivity index (χ0n) is 15.2. The molecule has 144 valence electrons. The molecule has 1 saturated carbocycles. The van der Waals surface area contributed by atoms with Crippen LogP contribution in [0.4, 0.5) is 0 Å². The smallest absolute Gasteiger partial charge is 0.254 e. The lowest BCUT2D eigenvalue weighted by Gasteiger charge is -2.41. The Kier molecular flexibility index (Phi) is 5.28. The molecule has 2 atom stereocenters. The number of piperidine rings is 1. The Morgan fingerprint density at radius 2 is 2.08 bits per heavy atom. The van der Waals surface area contributed by atoms with E-state index < -0.39 is 22.0 Å². The molecule has 1 aromatic carbocycles. The summed E-state index contributed by atoms with van der Waals surface area (Å²) in [7, 11) is -0.830. The van der Waals surface area contributed by atoms with Crippen LogP contribution in [-0.4, -0.2) is 57.1 Å². The third kappa shape index (κ3) is 3.21. The minimum absolute atomic E-state index is 0.0708. The molecule has 2 aliphatic rings. The zero-order chi connectivity index (χ0) is 18.9. The molecular formula is C18H26N2O5S. The van der Waals surface area contributed by atoms with Gasteiger partial charge < -0.3 is 15.2 Å². The fourth-order valence-electron chi connectivity index (χ4n) is 4.23. The molecule has 3 rings (SSSR count). The molecule has 1 aromatic rings. The number of aliphatic hydroxyl groups is 1. The third-order valence-corrected chi connectivity index (χ3v) is 7.55. The van der Waals surface area contributed by atoms with Gasteiger partial charge in [-0.3, -0.25) is 4.79 Å². The summed E-state index contributed by atoms with van der Waals surface area (Å²) < 4.78 is 33.0. The standard InChI is InChI=1S/C18H26N2O5S/c1-19-17(22)14-11-13(6-7-15(14)25-2)26(23,24)20-10-4-9-18(12-20)8-3-5-16(18)21/h6-7,11,16,21H,3-5,8-10,12H2,1-2H3,(H,19,22)/t16-,18+/m1/s1. The van der Waals surface area contributed by atoms with Crippen LogP contribution in [0, 0.1) is 5.41 Å². The van der Waals surface area contributed by atoms with Gasteiger partial charge in [0.2, 0.25) is 10.0 Å². The van der Waals surface area contributed by atoms with Crippen LogP contribution in [0.5, 0.6) is 5.75 Å². The monoisotopic (exact) mass is 382 g/mol. The van der Waals surface area contributed by atoms with Crippen molar-refractivity contribution in [2.45, 2.75) is 43.1 Å². The Morgan fingerprint density at radius 3 is 2.69 bits per heavy atom. The lowest BCUT2D eigenvalue weighted by atomic mass is 9.77.